The van der Waals surface area contributed by atoms with Crippen LogP contribution in [-0.2, 0) is 4.79 Å². The van der Waals surface area contributed by atoms with Crippen LogP contribution < -0.4 is 4.90 Å². The van der Waals surface area contributed by atoms with Crippen LogP contribution in [-0.4, -0.2) is 47.7 Å². The molecule has 0 saturated carbocycles. The fraction of sp³-hybridized carbons (Fsp3) is 0.294. The third-order valence-electron chi connectivity index (χ3n) is 3.66. The molecule has 0 unspecified atom stereocenters. The minimum absolute atomic E-state index is 0.207. The molecule has 1 fully saturated rings. The number of carbonyl (C=O) groups is 1. The Balaban J connectivity index is 1.48. The van der Waals surface area contributed by atoms with E-state index in [-0.39, 0.29) is 5.91 Å². The van der Waals surface area contributed by atoms with Gasteiger partial charge in [-0.05, 0) is 30.3 Å². The smallest absolute Gasteiger partial charge is 0.233 e. The lowest BCUT2D eigenvalue weighted by Gasteiger charge is -2.35. The highest BCUT2D eigenvalue weighted by atomic mass is 32.2. The van der Waals surface area contributed by atoms with Crippen molar-refractivity contribution in [1.82, 2.24) is 9.88 Å². The maximum atomic E-state index is 12.3. The Morgan fingerprint density at radius 2 is 1.91 bits per heavy atom. The summed E-state index contributed by atoms with van der Waals surface area (Å²) in [7, 11) is 0. The van der Waals surface area contributed by atoms with Crippen molar-refractivity contribution in [2.45, 2.75) is 4.90 Å². The van der Waals surface area contributed by atoms with Crippen molar-refractivity contribution in [3.05, 3.63) is 54.7 Å². The van der Waals surface area contributed by atoms with Gasteiger partial charge in [-0.3, -0.25) is 4.79 Å². The summed E-state index contributed by atoms with van der Waals surface area (Å²) in [5, 5.41) is 0. The number of benzene rings is 1. The van der Waals surface area contributed by atoms with E-state index in [4.69, 9.17) is 0 Å². The number of piperazine rings is 1. The lowest BCUT2D eigenvalue weighted by Crippen LogP contribution is -2.49. The average Bonchev–Trinajstić information content (AvgIpc) is 2.61. The number of rotatable bonds is 4. The summed E-state index contributed by atoms with van der Waals surface area (Å²) in [6.07, 6.45) is 1.81. The van der Waals surface area contributed by atoms with E-state index in [2.05, 4.69) is 16.0 Å². The van der Waals surface area contributed by atoms with E-state index in [9.17, 15) is 4.79 Å². The molecule has 1 aromatic heterocycles. The van der Waals surface area contributed by atoms with E-state index < -0.39 is 0 Å². The number of hydrogen-bond donors (Lipinski definition) is 0. The van der Waals surface area contributed by atoms with Crippen LogP contribution in [0.25, 0.3) is 0 Å². The quantitative estimate of drug-likeness (QED) is 0.812. The molecule has 5 heteroatoms. The Morgan fingerprint density at radius 3 is 2.59 bits per heavy atom. The summed E-state index contributed by atoms with van der Waals surface area (Å²) in [4.78, 5) is 21.9. The molecule has 4 nitrogen and oxygen atoms in total. The van der Waals surface area contributed by atoms with Gasteiger partial charge >= 0.3 is 0 Å². The highest BCUT2D eigenvalue weighted by Crippen LogP contribution is 2.18. The number of amides is 1. The van der Waals surface area contributed by atoms with Gasteiger partial charge in [0.25, 0.3) is 0 Å². The van der Waals surface area contributed by atoms with E-state index in [1.165, 1.54) is 0 Å². The van der Waals surface area contributed by atoms with Gasteiger partial charge < -0.3 is 9.80 Å². The number of anilines is 1. The predicted octanol–water partition coefficient (Wildman–Crippen LogP) is 2.32. The first-order chi connectivity index (χ1) is 10.8. The molecule has 1 amide bonds. The molecule has 3 rings (SSSR count). The zero-order chi connectivity index (χ0) is 15.2. The minimum Gasteiger partial charge on any atom is -0.353 e. The van der Waals surface area contributed by atoms with E-state index in [0.717, 1.165) is 36.9 Å². The summed E-state index contributed by atoms with van der Waals surface area (Å²) >= 11 is 1.58. The van der Waals surface area contributed by atoms with Crippen molar-refractivity contribution in [3.63, 3.8) is 0 Å². The number of thioether (sulfide) groups is 1. The van der Waals surface area contributed by atoms with Gasteiger partial charge in [0, 0.05) is 37.3 Å². The molecule has 1 aliphatic heterocycles. The fourth-order valence-corrected chi connectivity index (χ4v) is 3.23. The number of hydrogen-bond acceptors (Lipinski definition) is 4. The molecular weight excluding hydrogens is 294 g/mol. The van der Waals surface area contributed by atoms with Crippen LogP contribution in [0, 0.1) is 6.07 Å². The van der Waals surface area contributed by atoms with Gasteiger partial charge in [0.2, 0.25) is 5.91 Å². The van der Waals surface area contributed by atoms with Crippen molar-refractivity contribution < 1.29 is 4.79 Å². The largest absolute Gasteiger partial charge is 0.353 e. The number of nitrogens with zero attached hydrogens (tertiary/aromatic N) is 3. The SMILES string of the molecule is O=C(CSc1cc[c]cc1)N1CCN(c2ccccn2)CC1. The first-order valence-corrected chi connectivity index (χ1v) is 8.34. The lowest BCUT2D eigenvalue weighted by molar-refractivity contribution is -0.128. The third kappa shape index (κ3) is 3.80. The summed E-state index contributed by atoms with van der Waals surface area (Å²) in [5.74, 6) is 1.69. The molecular formula is C17H18N3OS. The first-order valence-electron chi connectivity index (χ1n) is 7.35. The van der Waals surface area contributed by atoms with Gasteiger partial charge in [0.15, 0.2) is 0 Å². The highest BCUT2D eigenvalue weighted by Gasteiger charge is 2.21. The van der Waals surface area contributed by atoms with Gasteiger partial charge in [0.1, 0.15) is 5.82 Å². The normalized spacial score (nSPS) is 14.9. The van der Waals surface area contributed by atoms with Crippen LogP contribution in [0.2, 0.25) is 0 Å². The van der Waals surface area contributed by atoms with Gasteiger partial charge in [0.05, 0.1) is 5.75 Å². The standard InChI is InChI=1S/C17H18N3OS/c21-17(14-22-15-6-2-1-3-7-15)20-12-10-19(11-13-20)16-8-4-5-9-18-16/h2-9H,10-14H2. The highest BCUT2D eigenvalue weighted by molar-refractivity contribution is 8.00. The van der Waals surface area contributed by atoms with Crippen LogP contribution in [0.1, 0.15) is 0 Å². The van der Waals surface area contributed by atoms with Crippen LogP contribution in [0.3, 0.4) is 0 Å². The van der Waals surface area contributed by atoms with Gasteiger partial charge in [-0.25, -0.2) is 4.98 Å². The van der Waals surface area contributed by atoms with Crippen molar-refractivity contribution in [2.75, 3.05) is 36.8 Å². The molecule has 0 spiro atoms. The maximum absolute atomic E-state index is 12.3. The number of pyridine rings is 1. The molecule has 1 aromatic carbocycles. The third-order valence-corrected chi connectivity index (χ3v) is 4.65. The molecule has 1 saturated heterocycles. The first kappa shape index (κ1) is 14.9. The second-order valence-corrected chi connectivity index (χ2v) is 6.13. The molecule has 2 heterocycles. The van der Waals surface area contributed by atoms with Crippen molar-refractivity contribution in [3.8, 4) is 0 Å². The molecule has 2 aromatic rings. The molecule has 113 valence electrons. The van der Waals surface area contributed by atoms with Gasteiger partial charge in [-0.2, -0.15) is 0 Å². The second-order valence-electron chi connectivity index (χ2n) is 5.08. The molecule has 0 atom stereocenters. The molecule has 1 radical (unpaired) electrons. The topological polar surface area (TPSA) is 36.4 Å². The summed E-state index contributed by atoms with van der Waals surface area (Å²) in [5.41, 5.74) is 0. The molecule has 1 aliphatic rings. The molecule has 0 N–H and O–H groups in total. The van der Waals surface area contributed by atoms with Crippen molar-refractivity contribution in [2.24, 2.45) is 0 Å². The van der Waals surface area contributed by atoms with Gasteiger partial charge in [-0.15, -0.1) is 11.8 Å². The Morgan fingerprint density at radius 1 is 1.14 bits per heavy atom. The fourth-order valence-electron chi connectivity index (χ4n) is 2.43. The van der Waals surface area contributed by atoms with E-state index >= 15 is 0 Å². The molecule has 22 heavy (non-hydrogen) atoms. The maximum Gasteiger partial charge on any atom is 0.233 e. The van der Waals surface area contributed by atoms with E-state index in [1.54, 1.807) is 18.0 Å². The zero-order valence-corrected chi connectivity index (χ0v) is 13.1. The molecule has 0 aliphatic carbocycles. The second kappa shape index (κ2) is 7.31. The monoisotopic (exact) mass is 312 g/mol. The van der Waals surface area contributed by atoms with Crippen LogP contribution in [0.4, 0.5) is 5.82 Å². The van der Waals surface area contributed by atoms with Crippen molar-refractivity contribution in [1.29, 1.82) is 0 Å². The van der Waals surface area contributed by atoms with Crippen LogP contribution >= 0.6 is 11.8 Å². The van der Waals surface area contributed by atoms with Crippen LogP contribution in [0.15, 0.2) is 53.6 Å². The van der Waals surface area contributed by atoms with Crippen molar-refractivity contribution >= 4 is 23.5 Å². The Kier molecular flexibility index (Phi) is 4.96. The minimum atomic E-state index is 0.207. The molecule has 0 bridgehead atoms. The Bertz CT molecular complexity index is 598. The van der Waals surface area contributed by atoms with E-state index in [0.29, 0.717) is 5.75 Å². The number of aromatic nitrogens is 1. The summed E-state index contributed by atoms with van der Waals surface area (Å²) < 4.78 is 0. The van der Waals surface area contributed by atoms with E-state index in [1.807, 2.05) is 47.4 Å². The summed E-state index contributed by atoms with van der Waals surface area (Å²) in [6, 6.07) is 16.6. The zero-order valence-electron chi connectivity index (χ0n) is 12.3. The number of carbonyl (C=O) groups excluding carboxylic acids is 1. The lowest BCUT2D eigenvalue weighted by atomic mass is 10.3. The van der Waals surface area contributed by atoms with Crippen LogP contribution in [0.5, 0.6) is 0 Å². The Labute approximate surface area is 135 Å². The Hall–Kier alpha value is -2.01. The summed E-state index contributed by atoms with van der Waals surface area (Å²) in [6.45, 7) is 3.21. The van der Waals surface area contributed by atoms with Gasteiger partial charge in [-0.1, -0.05) is 18.2 Å². The predicted molar refractivity (Wildman–Crippen MR) is 89.0 cm³/mol. The average molecular weight is 312 g/mol.